The first kappa shape index (κ1) is 18.1. The Morgan fingerprint density at radius 1 is 1.19 bits per heavy atom. The number of hydrogen-bond donors (Lipinski definition) is 1. The molecular formula is C18H12F2N3O4-. The van der Waals surface area contributed by atoms with Gasteiger partial charge in [0.05, 0.1) is 12.2 Å². The number of anilines is 2. The van der Waals surface area contributed by atoms with Crippen molar-refractivity contribution in [2.75, 3.05) is 5.32 Å². The normalized spacial score (nSPS) is 10.5. The third-order valence-electron chi connectivity index (χ3n) is 3.58. The number of ether oxygens (including phenoxy) is 1. The first-order chi connectivity index (χ1) is 12.8. The van der Waals surface area contributed by atoms with Gasteiger partial charge in [-0.05, 0) is 29.8 Å². The monoisotopic (exact) mass is 372 g/mol. The van der Waals surface area contributed by atoms with Crippen LogP contribution >= 0.6 is 0 Å². The Kier molecular flexibility index (Phi) is 4.84. The summed E-state index contributed by atoms with van der Waals surface area (Å²) >= 11 is 0. The van der Waals surface area contributed by atoms with Crippen LogP contribution in [-0.2, 0) is 7.05 Å². The number of aromatic nitrogens is 2. The second-order valence-electron chi connectivity index (χ2n) is 5.48. The SMILES string of the molecule is Cn1ncc(Oc2ccc(F)cc2F)c(Nc2cccc(C(=O)[O-])c2)c1=O. The molecule has 27 heavy (non-hydrogen) atoms. The molecule has 0 spiro atoms. The quantitative estimate of drug-likeness (QED) is 0.736. The third kappa shape index (κ3) is 3.92. The number of carbonyl (C=O) groups is 1. The van der Waals surface area contributed by atoms with Gasteiger partial charge < -0.3 is 20.0 Å². The molecule has 1 aromatic heterocycles. The highest BCUT2D eigenvalue weighted by atomic mass is 19.1. The number of hydrogen-bond acceptors (Lipinski definition) is 6. The molecule has 0 atom stereocenters. The highest BCUT2D eigenvalue weighted by Gasteiger charge is 2.15. The number of aromatic carboxylic acids is 1. The molecule has 7 nitrogen and oxygen atoms in total. The topological polar surface area (TPSA) is 96.3 Å². The van der Waals surface area contributed by atoms with Gasteiger partial charge in [0.25, 0.3) is 5.56 Å². The maximum Gasteiger partial charge on any atom is 0.294 e. The molecule has 0 saturated heterocycles. The first-order valence-electron chi connectivity index (χ1n) is 7.63. The van der Waals surface area contributed by atoms with Crippen LogP contribution in [0.25, 0.3) is 0 Å². The summed E-state index contributed by atoms with van der Waals surface area (Å²) in [5.41, 5.74) is -0.539. The number of carbonyl (C=O) groups excluding carboxylic acids is 1. The van der Waals surface area contributed by atoms with Gasteiger partial charge in [-0.15, -0.1) is 0 Å². The number of aryl methyl sites for hydroxylation is 1. The van der Waals surface area contributed by atoms with E-state index in [1.807, 2.05) is 0 Å². The summed E-state index contributed by atoms with van der Waals surface area (Å²) in [6, 6.07) is 8.29. The van der Waals surface area contributed by atoms with Crippen LogP contribution in [0.4, 0.5) is 20.2 Å². The van der Waals surface area contributed by atoms with Gasteiger partial charge in [-0.1, -0.05) is 12.1 Å². The Morgan fingerprint density at radius 3 is 2.67 bits per heavy atom. The molecular weight excluding hydrogens is 360 g/mol. The van der Waals surface area contributed by atoms with Crippen molar-refractivity contribution in [2.45, 2.75) is 0 Å². The summed E-state index contributed by atoms with van der Waals surface area (Å²) in [4.78, 5) is 23.4. The molecule has 0 amide bonds. The largest absolute Gasteiger partial charge is 0.545 e. The minimum absolute atomic E-state index is 0.0991. The number of halogens is 2. The van der Waals surface area contributed by atoms with Crippen molar-refractivity contribution in [2.24, 2.45) is 7.05 Å². The maximum atomic E-state index is 13.9. The van der Waals surface area contributed by atoms with Gasteiger partial charge in [-0.3, -0.25) is 4.79 Å². The van der Waals surface area contributed by atoms with E-state index in [2.05, 4.69) is 10.4 Å². The second-order valence-corrected chi connectivity index (χ2v) is 5.48. The average Bonchev–Trinajstić information content (AvgIpc) is 2.63. The molecule has 3 rings (SSSR count). The molecule has 138 valence electrons. The minimum atomic E-state index is -1.38. The number of rotatable bonds is 5. The summed E-state index contributed by atoms with van der Waals surface area (Å²) in [7, 11) is 1.40. The van der Waals surface area contributed by atoms with Crippen LogP contribution in [0, 0.1) is 11.6 Å². The zero-order chi connectivity index (χ0) is 19.6. The molecule has 0 bridgehead atoms. The molecule has 1 heterocycles. The van der Waals surface area contributed by atoms with E-state index in [0.29, 0.717) is 6.07 Å². The van der Waals surface area contributed by atoms with Gasteiger partial charge >= 0.3 is 0 Å². The number of benzene rings is 2. The van der Waals surface area contributed by atoms with Crippen LogP contribution in [0.2, 0.25) is 0 Å². The van der Waals surface area contributed by atoms with Gasteiger partial charge in [-0.2, -0.15) is 5.10 Å². The molecule has 2 aromatic carbocycles. The fraction of sp³-hybridized carbons (Fsp3) is 0.0556. The maximum absolute atomic E-state index is 13.9. The Labute approximate surface area is 151 Å². The van der Waals surface area contributed by atoms with Crippen molar-refractivity contribution in [3.8, 4) is 11.5 Å². The predicted octanol–water partition coefficient (Wildman–Crippen LogP) is 1.96. The molecule has 3 aromatic rings. The molecule has 0 radical (unpaired) electrons. The van der Waals surface area contributed by atoms with Crippen LogP contribution in [0.1, 0.15) is 10.4 Å². The molecule has 0 saturated carbocycles. The lowest BCUT2D eigenvalue weighted by atomic mass is 10.2. The highest BCUT2D eigenvalue weighted by Crippen LogP contribution is 2.30. The van der Waals surface area contributed by atoms with Crippen LogP contribution in [0.5, 0.6) is 11.5 Å². The van der Waals surface area contributed by atoms with E-state index in [9.17, 15) is 23.5 Å². The van der Waals surface area contributed by atoms with E-state index in [1.165, 1.54) is 37.5 Å². The van der Waals surface area contributed by atoms with Crippen molar-refractivity contribution in [3.05, 3.63) is 76.2 Å². The Bertz CT molecular complexity index is 1080. The summed E-state index contributed by atoms with van der Waals surface area (Å²) in [6.45, 7) is 0. The molecule has 1 N–H and O–H groups in total. The summed E-state index contributed by atoms with van der Waals surface area (Å²) in [5, 5.41) is 17.5. The Balaban J connectivity index is 2.01. The fourth-order valence-corrected chi connectivity index (χ4v) is 2.26. The smallest absolute Gasteiger partial charge is 0.294 e. The van der Waals surface area contributed by atoms with Gasteiger partial charge in [0, 0.05) is 18.8 Å². The van der Waals surface area contributed by atoms with Crippen molar-refractivity contribution < 1.29 is 23.4 Å². The minimum Gasteiger partial charge on any atom is -0.545 e. The fourth-order valence-electron chi connectivity index (χ4n) is 2.26. The predicted molar refractivity (Wildman–Crippen MR) is 90.0 cm³/mol. The lowest BCUT2D eigenvalue weighted by molar-refractivity contribution is -0.255. The molecule has 0 fully saturated rings. The number of carboxylic acid groups (broad SMARTS) is 1. The van der Waals surface area contributed by atoms with Gasteiger partial charge in [0.15, 0.2) is 23.0 Å². The Morgan fingerprint density at radius 2 is 1.96 bits per heavy atom. The third-order valence-corrected chi connectivity index (χ3v) is 3.58. The van der Waals surface area contributed by atoms with E-state index in [1.54, 1.807) is 0 Å². The van der Waals surface area contributed by atoms with E-state index in [-0.39, 0.29) is 28.4 Å². The van der Waals surface area contributed by atoms with E-state index >= 15 is 0 Å². The summed E-state index contributed by atoms with van der Waals surface area (Å²) in [5.74, 6) is -3.55. The van der Waals surface area contributed by atoms with E-state index in [0.717, 1.165) is 16.8 Å². The van der Waals surface area contributed by atoms with Crippen LogP contribution in [-0.4, -0.2) is 15.7 Å². The Hall–Kier alpha value is -3.75. The molecule has 0 aliphatic rings. The molecule has 0 aliphatic heterocycles. The van der Waals surface area contributed by atoms with Crippen molar-refractivity contribution >= 4 is 17.3 Å². The molecule has 0 aliphatic carbocycles. The summed E-state index contributed by atoms with van der Waals surface area (Å²) in [6.07, 6.45) is 1.18. The number of nitrogens with zero attached hydrogens (tertiary/aromatic N) is 2. The zero-order valence-electron chi connectivity index (χ0n) is 13.9. The van der Waals surface area contributed by atoms with E-state index in [4.69, 9.17) is 4.74 Å². The van der Waals surface area contributed by atoms with E-state index < -0.39 is 23.2 Å². The molecule has 0 unspecified atom stereocenters. The number of nitrogens with one attached hydrogen (secondary N) is 1. The second kappa shape index (κ2) is 7.24. The summed E-state index contributed by atoms with van der Waals surface area (Å²) < 4.78 is 33.3. The van der Waals surface area contributed by atoms with Crippen LogP contribution in [0.3, 0.4) is 0 Å². The van der Waals surface area contributed by atoms with Crippen molar-refractivity contribution in [1.29, 1.82) is 0 Å². The van der Waals surface area contributed by atoms with Crippen LogP contribution in [0.15, 0.2) is 53.5 Å². The standard InChI is InChI=1S/C18H13F2N3O4/c1-23-17(24)16(22-12-4-2-3-10(7-12)18(25)26)15(9-21-23)27-14-6-5-11(19)8-13(14)20/h2-9,22H,1H3,(H,25,26)/p-1. The van der Waals surface area contributed by atoms with Crippen molar-refractivity contribution in [1.82, 2.24) is 9.78 Å². The van der Waals surface area contributed by atoms with Crippen molar-refractivity contribution in [3.63, 3.8) is 0 Å². The lowest BCUT2D eigenvalue weighted by Gasteiger charge is -2.14. The van der Waals surface area contributed by atoms with Gasteiger partial charge in [-0.25, -0.2) is 13.5 Å². The zero-order valence-corrected chi connectivity index (χ0v) is 13.9. The number of carboxylic acids is 1. The van der Waals surface area contributed by atoms with Gasteiger partial charge in [0.2, 0.25) is 0 Å². The van der Waals surface area contributed by atoms with Gasteiger partial charge in [0.1, 0.15) is 5.82 Å². The molecule has 9 heteroatoms. The average molecular weight is 372 g/mol. The first-order valence-corrected chi connectivity index (χ1v) is 7.63. The van der Waals surface area contributed by atoms with Crippen LogP contribution < -0.4 is 20.7 Å². The lowest BCUT2D eigenvalue weighted by Crippen LogP contribution is -2.23. The highest BCUT2D eigenvalue weighted by molar-refractivity contribution is 5.87.